The smallest absolute Gasteiger partial charge is 0.341 e. The van der Waals surface area contributed by atoms with Crippen LogP contribution in [0.5, 0.6) is 11.5 Å². The summed E-state index contributed by atoms with van der Waals surface area (Å²) in [5, 5.41) is 9.04. The first-order valence-corrected chi connectivity index (χ1v) is 12.5. The number of Topliss-reactive ketones (excluding diaryl/α,β-unsaturated/α-hetero) is 2. The molecule has 1 aromatic carbocycles. The number of hydrogen-bond donors (Lipinski definition) is 1. The molecule has 188 valence electrons. The van der Waals surface area contributed by atoms with Crippen molar-refractivity contribution in [3.05, 3.63) is 44.7 Å². The molecule has 0 spiro atoms. The van der Waals surface area contributed by atoms with Crippen LogP contribution in [-0.2, 0) is 14.4 Å². The van der Waals surface area contributed by atoms with E-state index in [1.54, 1.807) is 6.07 Å². The van der Waals surface area contributed by atoms with Gasteiger partial charge in [-0.3, -0.25) is 9.59 Å². The molecular weight excluding hydrogens is 514 g/mol. The molecule has 0 radical (unpaired) electrons. The van der Waals surface area contributed by atoms with E-state index >= 15 is 0 Å². The van der Waals surface area contributed by atoms with Crippen LogP contribution >= 0.6 is 15.9 Å². The molecule has 35 heavy (non-hydrogen) atoms. The van der Waals surface area contributed by atoms with E-state index < -0.39 is 18.5 Å². The Hall–Kier alpha value is -2.61. The molecule has 3 aliphatic rings. The Morgan fingerprint density at radius 3 is 2.00 bits per heavy atom. The summed E-state index contributed by atoms with van der Waals surface area (Å²) in [7, 11) is 3.45. The molecule has 0 saturated heterocycles. The summed E-state index contributed by atoms with van der Waals surface area (Å²) in [6.07, 6.45) is 2.31. The minimum atomic E-state index is -1.10. The van der Waals surface area contributed by atoms with Gasteiger partial charge in [0.2, 0.25) is 0 Å². The van der Waals surface area contributed by atoms with E-state index in [0.717, 1.165) is 29.8 Å². The van der Waals surface area contributed by atoms with Crippen LogP contribution in [0.3, 0.4) is 0 Å². The molecule has 1 N–H and O–H groups in total. The van der Waals surface area contributed by atoms with Gasteiger partial charge < -0.3 is 19.5 Å². The lowest BCUT2D eigenvalue weighted by Crippen LogP contribution is -2.43. The maximum Gasteiger partial charge on any atom is 0.341 e. The Kier molecular flexibility index (Phi) is 6.41. The van der Waals surface area contributed by atoms with Gasteiger partial charge in [-0.1, -0.05) is 27.7 Å². The highest BCUT2D eigenvalue weighted by Gasteiger charge is 2.48. The number of benzene rings is 1. The molecule has 0 aromatic heterocycles. The van der Waals surface area contributed by atoms with Crippen LogP contribution in [0.25, 0.3) is 0 Å². The van der Waals surface area contributed by atoms with Crippen molar-refractivity contribution in [1.29, 1.82) is 0 Å². The molecule has 0 saturated carbocycles. The van der Waals surface area contributed by atoms with Crippen LogP contribution in [0, 0.1) is 10.8 Å². The number of halogens is 1. The van der Waals surface area contributed by atoms with Gasteiger partial charge in [-0.05, 0) is 57.3 Å². The predicted octanol–water partition coefficient (Wildman–Crippen LogP) is 5.24. The number of aliphatic carboxylic acids is 1. The molecular formula is C27H32BrNO6. The number of allylic oxidation sites excluding steroid dienone is 4. The molecule has 1 heterocycles. The lowest BCUT2D eigenvalue weighted by molar-refractivity contribution is -0.139. The SMILES string of the molecule is COc1cc(C2C3=C(CC(C)(C)CC3=O)N(C)C3=C2C(=O)CC(C)(C)C3)cc(Br)c1OCC(=O)O. The molecule has 0 amide bonds. The Balaban J connectivity index is 1.94. The zero-order valence-corrected chi connectivity index (χ0v) is 22.7. The van der Waals surface area contributed by atoms with Crippen molar-refractivity contribution in [1.82, 2.24) is 4.90 Å². The van der Waals surface area contributed by atoms with Crippen LogP contribution in [0.4, 0.5) is 0 Å². The van der Waals surface area contributed by atoms with Gasteiger partial charge in [0, 0.05) is 48.3 Å². The fourth-order valence-corrected chi connectivity index (χ4v) is 6.25. The number of rotatable bonds is 5. The zero-order chi connectivity index (χ0) is 25.9. The van der Waals surface area contributed by atoms with Crippen LogP contribution < -0.4 is 9.47 Å². The summed E-state index contributed by atoms with van der Waals surface area (Å²) < 4.78 is 11.5. The van der Waals surface area contributed by atoms with Gasteiger partial charge in [-0.25, -0.2) is 4.79 Å². The quantitative estimate of drug-likeness (QED) is 0.540. The van der Waals surface area contributed by atoms with Crippen molar-refractivity contribution in [3.63, 3.8) is 0 Å². The number of carbonyl (C=O) groups is 3. The van der Waals surface area contributed by atoms with E-state index in [2.05, 4.69) is 48.5 Å². The van der Waals surface area contributed by atoms with Crippen LogP contribution in [0.15, 0.2) is 39.1 Å². The second kappa shape index (κ2) is 8.80. The first-order chi connectivity index (χ1) is 16.2. The molecule has 0 bridgehead atoms. The summed E-state index contributed by atoms with van der Waals surface area (Å²) in [6, 6.07) is 3.57. The lowest BCUT2D eigenvalue weighted by atomic mass is 9.64. The second-order valence-corrected chi connectivity index (χ2v) is 12.2. The third-order valence-electron chi connectivity index (χ3n) is 7.11. The average molecular weight is 546 g/mol. The number of carboxylic acids is 1. The van der Waals surface area contributed by atoms with Crippen molar-refractivity contribution < 1.29 is 29.0 Å². The van der Waals surface area contributed by atoms with Gasteiger partial charge in [-0.2, -0.15) is 0 Å². The maximum absolute atomic E-state index is 13.6. The summed E-state index contributed by atoms with van der Waals surface area (Å²) >= 11 is 3.50. The number of carboxylic acid groups (broad SMARTS) is 1. The summed E-state index contributed by atoms with van der Waals surface area (Å²) in [5.74, 6) is -0.902. The van der Waals surface area contributed by atoms with Gasteiger partial charge >= 0.3 is 5.97 Å². The number of nitrogens with zero attached hydrogens (tertiary/aromatic N) is 1. The maximum atomic E-state index is 13.6. The molecule has 1 aromatic rings. The average Bonchev–Trinajstić information content (AvgIpc) is 2.72. The van der Waals surface area contributed by atoms with E-state index in [1.807, 2.05) is 13.1 Å². The Morgan fingerprint density at radius 2 is 1.54 bits per heavy atom. The van der Waals surface area contributed by atoms with E-state index in [-0.39, 0.29) is 28.1 Å². The molecule has 1 aliphatic heterocycles. The van der Waals surface area contributed by atoms with Crippen LogP contribution in [-0.4, -0.2) is 48.3 Å². The first kappa shape index (κ1) is 25.5. The van der Waals surface area contributed by atoms with Crippen molar-refractivity contribution in [2.75, 3.05) is 20.8 Å². The van der Waals surface area contributed by atoms with Crippen molar-refractivity contribution in [3.8, 4) is 11.5 Å². The van der Waals surface area contributed by atoms with Gasteiger partial charge in [0.1, 0.15) is 0 Å². The number of hydrogen-bond acceptors (Lipinski definition) is 6. The Bertz CT molecular complexity index is 1140. The Labute approximate surface area is 214 Å². The third kappa shape index (κ3) is 4.65. The second-order valence-electron chi connectivity index (χ2n) is 11.3. The van der Waals surface area contributed by atoms with Crippen LogP contribution in [0.2, 0.25) is 0 Å². The summed E-state index contributed by atoms with van der Waals surface area (Å²) in [4.78, 5) is 40.4. The van der Waals surface area contributed by atoms with Gasteiger partial charge in [0.05, 0.1) is 11.6 Å². The minimum Gasteiger partial charge on any atom is -0.493 e. The third-order valence-corrected chi connectivity index (χ3v) is 7.69. The topological polar surface area (TPSA) is 93.1 Å². The van der Waals surface area contributed by atoms with Crippen molar-refractivity contribution >= 4 is 33.5 Å². The standard InChI is InChI=1S/C27H32BrNO6/c1-26(2)9-16-23(18(30)11-26)22(24-17(29(16)5)10-27(3,4)12-19(24)31)14-7-15(28)25(20(8-14)34-6)35-13-21(32)33/h7-8,22H,9-13H2,1-6H3,(H,32,33). The van der Waals surface area contributed by atoms with E-state index in [9.17, 15) is 14.4 Å². The normalized spacial score (nSPS) is 21.6. The lowest BCUT2D eigenvalue weighted by Gasteiger charge is -2.48. The highest BCUT2D eigenvalue weighted by Crippen LogP contribution is 2.55. The summed E-state index contributed by atoms with van der Waals surface area (Å²) in [6.45, 7) is 7.89. The molecule has 7 nitrogen and oxygen atoms in total. The highest BCUT2D eigenvalue weighted by atomic mass is 79.9. The van der Waals surface area contributed by atoms with Gasteiger partial charge in [0.15, 0.2) is 29.7 Å². The zero-order valence-electron chi connectivity index (χ0n) is 21.1. The Morgan fingerprint density at radius 1 is 1.03 bits per heavy atom. The van der Waals surface area contributed by atoms with Gasteiger partial charge in [0.25, 0.3) is 0 Å². The first-order valence-electron chi connectivity index (χ1n) is 11.7. The molecule has 0 atom stereocenters. The molecule has 0 unspecified atom stereocenters. The molecule has 2 aliphatic carbocycles. The highest BCUT2D eigenvalue weighted by molar-refractivity contribution is 9.10. The monoisotopic (exact) mass is 545 g/mol. The van der Waals surface area contributed by atoms with E-state index in [0.29, 0.717) is 34.2 Å². The van der Waals surface area contributed by atoms with E-state index in [1.165, 1.54) is 7.11 Å². The number of ether oxygens (including phenoxy) is 2. The van der Waals surface area contributed by atoms with Crippen molar-refractivity contribution in [2.45, 2.75) is 59.3 Å². The number of carbonyl (C=O) groups excluding carboxylic acids is 2. The fraction of sp³-hybridized carbons (Fsp3) is 0.519. The fourth-order valence-electron chi connectivity index (χ4n) is 5.68. The van der Waals surface area contributed by atoms with Gasteiger partial charge in [-0.15, -0.1) is 0 Å². The summed E-state index contributed by atoms with van der Waals surface area (Å²) in [5.41, 5.74) is 3.69. The molecule has 4 rings (SSSR count). The number of methoxy groups -OCH3 is 1. The van der Waals surface area contributed by atoms with E-state index in [4.69, 9.17) is 14.6 Å². The van der Waals surface area contributed by atoms with Crippen molar-refractivity contribution in [2.24, 2.45) is 10.8 Å². The molecule has 8 heteroatoms. The largest absolute Gasteiger partial charge is 0.493 e. The predicted molar refractivity (Wildman–Crippen MR) is 134 cm³/mol. The molecule has 0 fully saturated rings. The number of ketones is 2. The minimum absolute atomic E-state index is 0.0542. The van der Waals surface area contributed by atoms with Crippen LogP contribution in [0.1, 0.15) is 64.9 Å².